The molecule has 0 saturated carbocycles. The van der Waals surface area contributed by atoms with Crippen LogP contribution in [-0.4, -0.2) is 10.8 Å². The van der Waals surface area contributed by atoms with E-state index < -0.39 is 0 Å². The first kappa shape index (κ1) is 10.7. The molecule has 0 aromatic rings. The Morgan fingerprint density at radius 3 is 2.17 bits per heavy atom. The van der Waals surface area contributed by atoms with Crippen molar-refractivity contribution in [3.63, 3.8) is 0 Å². The number of carbonyl (C=O) groups excluding carboxylic acids is 1. The highest BCUT2D eigenvalue weighted by molar-refractivity contribution is 5.80. The van der Waals surface area contributed by atoms with E-state index in [9.17, 15) is 4.79 Å². The average Bonchev–Trinajstić information content (AvgIpc) is 1.85. The van der Waals surface area contributed by atoms with Gasteiger partial charge in [0.2, 0.25) is 5.91 Å². The summed E-state index contributed by atoms with van der Waals surface area (Å²) in [4.78, 5) is 12.8. The van der Waals surface area contributed by atoms with Crippen LogP contribution in [0.1, 0.15) is 20.3 Å². The summed E-state index contributed by atoms with van der Waals surface area (Å²) in [5.74, 6) is -0.0370. The molecule has 0 aliphatic carbocycles. The van der Waals surface area contributed by atoms with Crippen molar-refractivity contribution in [1.82, 2.24) is 4.90 Å². The van der Waals surface area contributed by atoms with Crippen LogP contribution in [0.3, 0.4) is 0 Å². The lowest BCUT2D eigenvalue weighted by Gasteiger charge is -2.17. The van der Waals surface area contributed by atoms with E-state index in [1.807, 2.05) is 6.92 Å². The van der Waals surface area contributed by atoms with Crippen LogP contribution < -0.4 is 0 Å². The van der Waals surface area contributed by atoms with Crippen molar-refractivity contribution in [1.29, 1.82) is 0 Å². The number of nitrogens with zero attached hydrogens (tertiary/aromatic N) is 1. The highest BCUT2D eigenvalue weighted by atomic mass is 16.2. The van der Waals surface area contributed by atoms with Crippen LogP contribution in [0.15, 0.2) is 37.2 Å². The lowest BCUT2D eigenvalue weighted by molar-refractivity contribution is -0.126. The molecule has 0 aromatic heterocycles. The molecule has 0 heterocycles. The third-order valence-corrected chi connectivity index (χ3v) is 1.32. The van der Waals surface area contributed by atoms with Crippen LogP contribution in [0.25, 0.3) is 0 Å². The number of hydrogen-bond acceptors (Lipinski definition) is 1. The fourth-order valence-electron chi connectivity index (χ4n) is 0.814. The number of amides is 1. The first-order valence-corrected chi connectivity index (χ1v) is 3.73. The van der Waals surface area contributed by atoms with E-state index in [1.54, 1.807) is 6.92 Å². The number of allylic oxidation sites excluding steroid dienone is 1. The predicted molar refractivity (Wildman–Crippen MR) is 51.3 cm³/mol. The van der Waals surface area contributed by atoms with Gasteiger partial charge in [-0.2, -0.15) is 0 Å². The molecule has 0 aromatic carbocycles. The van der Waals surface area contributed by atoms with Gasteiger partial charge in [-0.1, -0.05) is 25.3 Å². The second-order valence-corrected chi connectivity index (χ2v) is 2.82. The monoisotopic (exact) mass is 165 g/mol. The van der Waals surface area contributed by atoms with E-state index in [0.717, 1.165) is 5.57 Å². The zero-order valence-corrected chi connectivity index (χ0v) is 7.76. The number of carbonyl (C=O) groups is 1. The molecule has 0 radical (unpaired) electrons. The largest absolute Gasteiger partial charge is 0.293 e. The molecule has 0 spiro atoms. The molecule has 0 rings (SSSR count). The Labute approximate surface area is 73.9 Å². The standard InChI is InChI=1S/C10H15NO/c1-6-11(9(4)5)10(12)7-8(2)3/h6H,1-2,4,7H2,3,5H3. The molecule has 2 heteroatoms. The van der Waals surface area contributed by atoms with Crippen LogP contribution in [0.2, 0.25) is 0 Å². The van der Waals surface area contributed by atoms with Crippen LogP contribution in [0.5, 0.6) is 0 Å². The summed E-state index contributed by atoms with van der Waals surface area (Å²) in [6.45, 7) is 14.4. The third-order valence-electron chi connectivity index (χ3n) is 1.32. The number of rotatable bonds is 4. The lowest BCUT2D eigenvalue weighted by Crippen LogP contribution is -2.22. The minimum Gasteiger partial charge on any atom is -0.293 e. The van der Waals surface area contributed by atoms with Crippen molar-refractivity contribution in [2.45, 2.75) is 20.3 Å². The molecule has 2 nitrogen and oxygen atoms in total. The van der Waals surface area contributed by atoms with Gasteiger partial charge >= 0.3 is 0 Å². The molecule has 0 aliphatic heterocycles. The third kappa shape index (κ3) is 3.19. The molecule has 0 N–H and O–H groups in total. The first-order chi connectivity index (χ1) is 5.49. The van der Waals surface area contributed by atoms with E-state index in [2.05, 4.69) is 19.7 Å². The molecule has 0 atom stereocenters. The van der Waals surface area contributed by atoms with Crippen LogP contribution in [-0.2, 0) is 4.79 Å². The molecule has 0 aliphatic rings. The van der Waals surface area contributed by atoms with Gasteiger partial charge in [0.1, 0.15) is 0 Å². The van der Waals surface area contributed by atoms with Gasteiger partial charge in [-0.05, 0) is 13.8 Å². The van der Waals surface area contributed by atoms with Crippen molar-refractivity contribution in [2.75, 3.05) is 0 Å². The molecular weight excluding hydrogens is 150 g/mol. The van der Waals surface area contributed by atoms with Gasteiger partial charge in [0.05, 0.1) is 0 Å². The Morgan fingerprint density at radius 1 is 1.42 bits per heavy atom. The summed E-state index contributed by atoms with van der Waals surface area (Å²) >= 11 is 0. The van der Waals surface area contributed by atoms with Crippen molar-refractivity contribution in [2.24, 2.45) is 0 Å². The second kappa shape index (κ2) is 4.54. The molecule has 0 saturated heterocycles. The van der Waals surface area contributed by atoms with E-state index in [4.69, 9.17) is 0 Å². The van der Waals surface area contributed by atoms with Gasteiger partial charge < -0.3 is 0 Å². The summed E-state index contributed by atoms with van der Waals surface area (Å²) < 4.78 is 0. The van der Waals surface area contributed by atoms with E-state index in [0.29, 0.717) is 12.1 Å². The Kier molecular flexibility index (Phi) is 4.05. The molecule has 0 fully saturated rings. The molecule has 1 amide bonds. The van der Waals surface area contributed by atoms with Crippen molar-refractivity contribution >= 4 is 5.91 Å². The predicted octanol–water partition coefficient (Wildman–Crippen LogP) is 2.46. The second-order valence-electron chi connectivity index (χ2n) is 2.82. The summed E-state index contributed by atoms with van der Waals surface area (Å²) in [5.41, 5.74) is 1.52. The van der Waals surface area contributed by atoms with Crippen LogP contribution >= 0.6 is 0 Å². The lowest BCUT2D eigenvalue weighted by atomic mass is 10.2. The minimum absolute atomic E-state index is 0.0370. The summed E-state index contributed by atoms with van der Waals surface area (Å²) in [6.07, 6.45) is 1.81. The van der Waals surface area contributed by atoms with E-state index in [1.165, 1.54) is 11.1 Å². The highest BCUT2D eigenvalue weighted by Crippen LogP contribution is 2.07. The summed E-state index contributed by atoms with van der Waals surface area (Å²) in [6, 6.07) is 0. The fraction of sp³-hybridized carbons (Fsp3) is 0.300. The smallest absolute Gasteiger partial charge is 0.234 e. The maximum Gasteiger partial charge on any atom is 0.234 e. The highest BCUT2D eigenvalue weighted by Gasteiger charge is 2.09. The average molecular weight is 165 g/mol. The van der Waals surface area contributed by atoms with Gasteiger partial charge in [-0.3, -0.25) is 9.69 Å². The first-order valence-electron chi connectivity index (χ1n) is 3.73. The summed E-state index contributed by atoms with van der Waals surface area (Å²) in [5, 5.41) is 0. The fourth-order valence-corrected chi connectivity index (χ4v) is 0.814. The number of hydrogen-bond donors (Lipinski definition) is 0. The zero-order chi connectivity index (χ0) is 9.72. The zero-order valence-electron chi connectivity index (χ0n) is 7.76. The van der Waals surface area contributed by atoms with E-state index >= 15 is 0 Å². The maximum absolute atomic E-state index is 11.4. The van der Waals surface area contributed by atoms with Gasteiger partial charge in [0.15, 0.2) is 0 Å². The quantitative estimate of drug-likeness (QED) is 0.586. The Hall–Kier alpha value is -1.31. The van der Waals surface area contributed by atoms with Crippen LogP contribution in [0.4, 0.5) is 0 Å². The topological polar surface area (TPSA) is 20.3 Å². The Balaban J connectivity index is 4.32. The molecule has 0 bridgehead atoms. The Morgan fingerprint density at radius 2 is 1.92 bits per heavy atom. The normalized spacial score (nSPS) is 8.83. The molecule has 12 heavy (non-hydrogen) atoms. The van der Waals surface area contributed by atoms with Gasteiger partial charge in [-0.15, -0.1) is 0 Å². The maximum atomic E-state index is 11.4. The Bertz CT molecular complexity index is 228. The SMILES string of the molecule is C=CN(C(=C)C)C(=O)CC(=C)C. The van der Waals surface area contributed by atoms with Crippen molar-refractivity contribution in [3.05, 3.63) is 37.2 Å². The van der Waals surface area contributed by atoms with Gasteiger partial charge in [0.25, 0.3) is 0 Å². The summed E-state index contributed by atoms with van der Waals surface area (Å²) in [7, 11) is 0. The van der Waals surface area contributed by atoms with Crippen LogP contribution in [0, 0.1) is 0 Å². The van der Waals surface area contributed by atoms with Gasteiger partial charge in [0, 0.05) is 18.3 Å². The van der Waals surface area contributed by atoms with Gasteiger partial charge in [-0.25, -0.2) is 0 Å². The molecule has 66 valence electrons. The molecular formula is C10H15NO. The van der Waals surface area contributed by atoms with E-state index in [-0.39, 0.29) is 5.91 Å². The minimum atomic E-state index is -0.0370. The molecule has 0 unspecified atom stereocenters. The van der Waals surface area contributed by atoms with Crippen molar-refractivity contribution < 1.29 is 4.79 Å². The van der Waals surface area contributed by atoms with Crippen molar-refractivity contribution in [3.8, 4) is 0 Å².